The maximum absolute atomic E-state index is 10.2. The lowest BCUT2D eigenvalue weighted by atomic mass is 10.1. The summed E-state index contributed by atoms with van der Waals surface area (Å²) in [5.41, 5.74) is 1.82. The standard InChI is InChI=1S/C19H22O4/c1-21-17-12-14(13-18(22-2)19(17)23-3)8-7-11-16(20)15-9-5-4-6-10-15/h4-10,12-13,16,20H,11H2,1-3H3/b8-7+. The number of aliphatic hydroxyl groups excluding tert-OH is 1. The number of rotatable bonds is 7. The lowest BCUT2D eigenvalue weighted by Crippen LogP contribution is -1.96. The van der Waals surface area contributed by atoms with Crippen LogP contribution < -0.4 is 14.2 Å². The second-order valence-electron chi connectivity index (χ2n) is 5.02. The molecule has 0 fully saturated rings. The van der Waals surface area contributed by atoms with Gasteiger partial charge in [0.25, 0.3) is 0 Å². The zero-order chi connectivity index (χ0) is 16.7. The van der Waals surface area contributed by atoms with Gasteiger partial charge in [0, 0.05) is 0 Å². The Bertz CT molecular complexity index is 625. The molecule has 23 heavy (non-hydrogen) atoms. The quantitative estimate of drug-likeness (QED) is 0.843. The molecule has 1 atom stereocenters. The van der Waals surface area contributed by atoms with E-state index in [0.717, 1.165) is 11.1 Å². The first kappa shape index (κ1) is 16.9. The molecule has 0 radical (unpaired) electrons. The SMILES string of the molecule is COc1cc(/C=C/CC(O)c2ccccc2)cc(OC)c1OC. The third-order valence-electron chi connectivity index (χ3n) is 3.54. The maximum Gasteiger partial charge on any atom is 0.203 e. The molecule has 2 aromatic carbocycles. The summed E-state index contributed by atoms with van der Waals surface area (Å²) in [5, 5.41) is 10.2. The first-order chi connectivity index (χ1) is 11.2. The van der Waals surface area contributed by atoms with Crippen LogP contribution in [-0.2, 0) is 0 Å². The van der Waals surface area contributed by atoms with E-state index in [0.29, 0.717) is 23.7 Å². The summed E-state index contributed by atoms with van der Waals surface area (Å²) in [6.45, 7) is 0. The Morgan fingerprint density at radius 3 is 2.09 bits per heavy atom. The Kier molecular flexibility index (Phi) is 6.06. The minimum Gasteiger partial charge on any atom is -0.493 e. The van der Waals surface area contributed by atoms with Crippen molar-refractivity contribution in [1.29, 1.82) is 0 Å². The topological polar surface area (TPSA) is 47.9 Å². The average Bonchev–Trinajstić information content (AvgIpc) is 2.61. The molecule has 2 aromatic rings. The van der Waals surface area contributed by atoms with E-state index in [4.69, 9.17) is 14.2 Å². The molecular weight excluding hydrogens is 292 g/mol. The van der Waals surface area contributed by atoms with Crippen molar-refractivity contribution in [3.63, 3.8) is 0 Å². The van der Waals surface area contributed by atoms with E-state index in [9.17, 15) is 5.11 Å². The summed E-state index contributed by atoms with van der Waals surface area (Å²) in [7, 11) is 4.75. The highest BCUT2D eigenvalue weighted by Crippen LogP contribution is 2.38. The number of benzene rings is 2. The summed E-state index contributed by atoms with van der Waals surface area (Å²) in [6, 6.07) is 13.3. The molecule has 1 unspecified atom stereocenters. The third-order valence-corrected chi connectivity index (χ3v) is 3.54. The smallest absolute Gasteiger partial charge is 0.203 e. The van der Waals surface area contributed by atoms with Crippen LogP contribution in [0.3, 0.4) is 0 Å². The molecule has 4 heteroatoms. The Hall–Kier alpha value is -2.46. The Morgan fingerprint density at radius 1 is 0.957 bits per heavy atom. The molecule has 0 saturated carbocycles. The fourth-order valence-corrected chi connectivity index (χ4v) is 2.34. The van der Waals surface area contributed by atoms with Crippen molar-refractivity contribution in [3.05, 3.63) is 59.7 Å². The predicted octanol–water partition coefficient (Wildman–Crippen LogP) is 3.85. The lowest BCUT2D eigenvalue weighted by molar-refractivity contribution is 0.182. The van der Waals surface area contributed by atoms with Gasteiger partial charge in [0.1, 0.15) is 0 Å². The molecule has 122 valence electrons. The van der Waals surface area contributed by atoms with E-state index in [2.05, 4.69) is 0 Å². The fourth-order valence-electron chi connectivity index (χ4n) is 2.34. The van der Waals surface area contributed by atoms with Crippen molar-refractivity contribution < 1.29 is 19.3 Å². The highest BCUT2D eigenvalue weighted by Gasteiger charge is 2.12. The second-order valence-corrected chi connectivity index (χ2v) is 5.02. The van der Waals surface area contributed by atoms with Crippen molar-refractivity contribution in [3.8, 4) is 17.2 Å². The van der Waals surface area contributed by atoms with Crippen LogP contribution in [0.1, 0.15) is 23.7 Å². The maximum atomic E-state index is 10.2. The van der Waals surface area contributed by atoms with Crippen LogP contribution >= 0.6 is 0 Å². The van der Waals surface area contributed by atoms with E-state index < -0.39 is 6.10 Å². The van der Waals surface area contributed by atoms with Crippen LogP contribution in [0.2, 0.25) is 0 Å². The van der Waals surface area contributed by atoms with Gasteiger partial charge in [0.05, 0.1) is 27.4 Å². The molecule has 0 aliphatic rings. The van der Waals surface area contributed by atoms with Crippen LogP contribution in [-0.4, -0.2) is 26.4 Å². The summed E-state index contributed by atoms with van der Waals surface area (Å²) in [5.74, 6) is 1.78. The van der Waals surface area contributed by atoms with Gasteiger partial charge in [-0.15, -0.1) is 0 Å². The highest BCUT2D eigenvalue weighted by atomic mass is 16.5. The van der Waals surface area contributed by atoms with Crippen LogP contribution in [0.15, 0.2) is 48.5 Å². The minimum atomic E-state index is -0.519. The number of methoxy groups -OCH3 is 3. The van der Waals surface area contributed by atoms with Crippen LogP contribution in [0.5, 0.6) is 17.2 Å². The van der Waals surface area contributed by atoms with Crippen molar-refractivity contribution in [1.82, 2.24) is 0 Å². The zero-order valence-corrected chi connectivity index (χ0v) is 13.7. The van der Waals surface area contributed by atoms with Crippen LogP contribution in [0.4, 0.5) is 0 Å². The van der Waals surface area contributed by atoms with Crippen molar-refractivity contribution in [2.75, 3.05) is 21.3 Å². The molecule has 0 aromatic heterocycles. The van der Waals surface area contributed by atoms with Gasteiger partial charge in [-0.2, -0.15) is 0 Å². The van der Waals surface area contributed by atoms with Gasteiger partial charge in [-0.25, -0.2) is 0 Å². The largest absolute Gasteiger partial charge is 0.493 e. The molecule has 0 bridgehead atoms. The molecule has 0 aliphatic carbocycles. The molecule has 0 saturated heterocycles. The molecule has 0 amide bonds. The number of hydrogen-bond donors (Lipinski definition) is 1. The van der Waals surface area contributed by atoms with Gasteiger partial charge in [0.15, 0.2) is 11.5 Å². The molecule has 4 nitrogen and oxygen atoms in total. The van der Waals surface area contributed by atoms with E-state index in [1.807, 2.05) is 54.6 Å². The Balaban J connectivity index is 2.13. The normalized spacial score (nSPS) is 12.2. The van der Waals surface area contributed by atoms with Gasteiger partial charge in [0.2, 0.25) is 5.75 Å². The Morgan fingerprint density at radius 2 is 1.57 bits per heavy atom. The van der Waals surface area contributed by atoms with Gasteiger partial charge >= 0.3 is 0 Å². The molecule has 0 spiro atoms. The van der Waals surface area contributed by atoms with E-state index in [1.54, 1.807) is 21.3 Å². The summed E-state index contributed by atoms with van der Waals surface area (Å²) in [4.78, 5) is 0. The van der Waals surface area contributed by atoms with E-state index >= 15 is 0 Å². The van der Waals surface area contributed by atoms with Gasteiger partial charge in [-0.1, -0.05) is 42.5 Å². The summed E-state index contributed by atoms with van der Waals surface area (Å²) >= 11 is 0. The van der Waals surface area contributed by atoms with Gasteiger partial charge in [-0.3, -0.25) is 0 Å². The van der Waals surface area contributed by atoms with Crippen molar-refractivity contribution >= 4 is 6.08 Å². The zero-order valence-electron chi connectivity index (χ0n) is 13.7. The summed E-state index contributed by atoms with van der Waals surface area (Å²) in [6.07, 6.45) is 3.87. The molecule has 2 rings (SSSR count). The first-order valence-electron chi connectivity index (χ1n) is 7.39. The third kappa shape index (κ3) is 4.27. The number of hydrogen-bond acceptors (Lipinski definition) is 4. The number of aliphatic hydroxyl groups is 1. The van der Waals surface area contributed by atoms with E-state index in [1.165, 1.54) is 0 Å². The highest BCUT2D eigenvalue weighted by molar-refractivity contribution is 5.62. The van der Waals surface area contributed by atoms with E-state index in [-0.39, 0.29) is 0 Å². The summed E-state index contributed by atoms with van der Waals surface area (Å²) < 4.78 is 16.0. The molecular formula is C19H22O4. The van der Waals surface area contributed by atoms with Gasteiger partial charge < -0.3 is 19.3 Å². The van der Waals surface area contributed by atoms with Gasteiger partial charge in [-0.05, 0) is 29.7 Å². The lowest BCUT2D eigenvalue weighted by Gasteiger charge is -2.13. The predicted molar refractivity (Wildman–Crippen MR) is 91.2 cm³/mol. The Labute approximate surface area is 136 Å². The second kappa shape index (κ2) is 8.25. The minimum absolute atomic E-state index is 0.519. The van der Waals surface area contributed by atoms with Crippen LogP contribution in [0.25, 0.3) is 6.08 Å². The molecule has 1 N–H and O–H groups in total. The average molecular weight is 314 g/mol. The molecule has 0 aliphatic heterocycles. The fraction of sp³-hybridized carbons (Fsp3) is 0.263. The molecule has 0 heterocycles. The monoisotopic (exact) mass is 314 g/mol. The first-order valence-corrected chi connectivity index (χ1v) is 7.39. The van der Waals surface area contributed by atoms with Crippen molar-refractivity contribution in [2.24, 2.45) is 0 Å². The van der Waals surface area contributed by atoms with Crippen molar-refractivity contribution in [2.45, 2.75) is 12.5 Å². The number of ether oxygens (including phenoxy) is 3. The van der Waals surface area contributed by atoms with Crippen LogP contribution in [0, 0.1) is 0 Å².